The molecule has 2 aromatic rings. The highest BCUT2D eigenvalue weighted by molar-refractivity contribution is 7.99. The molecule has 2 aromatic carbocycles. The van der Waals surface area contributed by atoms with Gasteiger partial charge in [0, 0.05) is 4.90 Å². The molecular formula is C17H22N2S. The zero-order valence-electron chi connectivity index (χ0n) is 12.3. The molecule has 2 nitrogen and oxygen atoms in total. The Morgan fingerprint density at radius 3 is 2.35 bits per heavy atom. The summed E-state index contributed by atoms with van der Waals surface area (Å²) in [5, 5.41) is 0. The second kappa shape index (κ2) is 6.93. The zero-order chi connectivity index (χ0) is 14.5. The standard InChI is InChI=1S/C17H22N2S/c1-4-20-15-8-6-14(7-9-15)17(19-18)16-10-5-12(2)11-13(16)3/h5-11,17,19H,4,18H2,1-3H3. The van der Waals surface area contributed by atoms with E-state index in [1.165, 1.54) is 27.1 Å². The molecule has 1 unspecified atom stereocenters. The summed E-state index contributed by atoms with van der Waals surface area (Å²) in [6.45, 7) is 6.41. The lowest BCUT2D eigenvalue weighted by Gasteiger charge is -2.19. The van der Waals surface area contributed by atoms with Gasteiger partial charge >= 0.3 is 0 Å². The Morgan fingerprint density at radius 1 is 1.10 bits per heavy atom. The van der Waals surface area contributed by atoms with Gasteiger partial charge in [0.15, 0.2) is 0 Å². The van der Waals surface area contributed by atoms with Crippen LogP contribution in [0.5, 0.6) is 0 Å². The molecule has 3 N–H and O–H groups in total. The summed E-state index contributed by atoms with van der Waals surface area (Å²) in [5.41, 5.74) is 7.90. The van der Waals surface area contributed by atoms with E-state index in [4.69, 9.17) is 5.84 Å². The van der Waals surface area contributed by atoms with Crippen LogP contribution in [0.3, 0.4) is 0 Å². The highest BCUT2D eigenvalue weighted by Crippen LogP contribution is 2.27. The molecule has 3 heteroatoms. The first-order valence-electron chi connectivity index (χ1n) is 6.91. The zero-order valence-corrected chi connectivity index (χ0v) is 13.1. The second-order valence-corrected chi connectivity index (χ2v) is 6.30. The smallest absolute Gasteiger partial charge is 0.0712 e. The van der Waals surface area contributed by atoms with Crippen molar-refractivity contribution in [2.75, 3.05) is 5.75 Å². The average Bonchev–Trinajstić information content (AvgIpc) is 2.44. The normalized spacial score (nSPS) is 12.4. The van der Waals surface area contributed by atoms with Gasteiger partial charge in [-0.25, -0.2) is 5.43 Å². The Kier molecular flexibility index (Phi) is 5.24. The van der Waals surface area contributed by atoms with Crippen LogP contribution in [0.25, 0.3) is 0 Å². The summed E-state index contributed by atoms with van der Waals surface area (Å²) in [6.07, 6.45) is 0. The van der Waals surface area contributed by atoms with Crippen molar-refractivity contribution in [1.29, 1.82) is 0 Å². The summed E-state index contributed by atoms with van der Waals surface area (Å²) in [4.78, 5) is 1.30. The predicted octanol–water partition coefficient (Wildman–Crippen LogP) is 3.97. The molecule has 20 heavy (non-hydrogen) atoms. The van der Waals surface area contributed by atoms with Crippen LogP contribution in [0, 0.1) is 13.8 Å². The largest absolute Gasteiger partial charge is 0.271 e. The van der Waals surface area contributed by atoms with Crippen molar-refractivity contribution < 1.29 is 0 Å². The SMILES string of the molecule is CCSc1ccc(C(NN)c2ccc(C)cc2C)cc1. The summed E-state index contributed by atoms with van der Waals surface area (Å²) in [5.74, 6) is 6.88. The number of thioether (sulfide) groups is 1. The monoisotopic (exact) mass is 286 g/mol. The number of hydrogen-bond acceptors (Lipinski definition) is 3. The molecule has 0 aliphatic rings. The third-order valence-corrected chi connectivity index (χ3v) is 4.32. The molecule has 0 radical (unpaired) electrons. The number of nitrogens with one attached hydrogen (secondary N) is 1. The van der Waals surface area contributed by atoms with Gasteiger partial charge in [-0.15, -0.1) is 11.8 Å². The highest BCUT2D eigenvalue weighted by atomic mass is 32.2. The third kappa shape index (κ3) is 3.42. The van der Waals surface area contributed by atoms with E-state index in [9.17, 15) is 0 Å². The molecule has 0 aliphatic heterocycles. The maximum atomic E-state index is 5.79. The Labute approximate surface area is 125 Å². The van der Waals surface area contributed by atoms with Crippen molar-refractivity contribution in [2.24, 2.45) is 5.84 Å². The van der Waals surface area contributed by atoms with Crippen LogP contribution in [0.4, 0.5) is 0 Å². The molecule has 0 bridgehead atoms. The maximum absolute atomic E-state index is 5.79. The lowest BCUT2D eigenvalue weighted by atomic mass is 9.94. The molecule has 0 amide bonds. The van der Waals surface area contributed by atoms with Crippen molar-refractivity contribution in [2.45, 2.75) is 31.7 Å². The van der Waals surface area contributed by atoms with Crippen LogP contribution in [-0.2, 0) is 0 Å². The Morgan fingerprint density at radius 2 is 1.80 bits per heavy atom. The summed E-state index contributed by atoms with van der Waals surface area (Å²) >= 11 is 1.85. The van der Waals surface area contributed by atoms with Crippen LogP contribution < -0.4 is 11.3 Å². The van der Waals surface area contributed by atoms with Gasteiger partial charge in [-0.2, -0.15) is 0 Å². The second-order valence-electron chi connectivity index (χ2n) is 4.96. The fraction of sp³-hybridized carbons (Fsp3) is 0.294. The van der Waals surface area contributed by atoms with Crippen molar-refractivity contribution in [1.82, 2.24) is 5.43 Å². The van der Waals surface area contributed by atoms with Crippen molar-refractivity contribution >= 4 is 11.8 Å². The fourth-order valence-corrected chi connectivity index (χ4v) is 3.10. The first-order chi connectivity index (χ1) is 9.65. The van der Waals surface area contributed by atoms with Crippen LogP contribution in [0.15, 0.2) is 47.4 Å². The van der Waals surface area contributed by atoms with Crippen LogP contribution in [0.2, 0.25) is 0 Å². The Bertz CT molecular complexity index is 564. The summed E-state index contributed by atoms with van der Waals surface area (Å²) in [7, 11) is 0. The molecule has 0 saturated carbocycles. The molecule has 0 fully saturated rings. The van der Waals surface area contributed by atoms with Gasteiger partial charge in [-0.3, -0.25) is 5.84 Å². The fourth-order valence-electron chi connectivity index (χ4n) is 2.44. The predicted molar refractivity (Wildman–Crippen MR) is 87.9 cm³/mol. The van der Waals surface area contributed by atoms with Crippen molar-refractivity contribution in [3.05, 3.63) is 64.7 Å². The molecule has 1 atom stereocenters. The molecule has 106 valence electrons. The van der Waals surface area contributed by atoms with E-state index in [1.54, 1.807) is 0 Å². The summed E-state index contributed by atoms with van der Waals surface area (Å²) < 4.78 is 0. The van der Waals surface area contributed by atoms with E-state index in [-0.39, 0.29) is 6.04 Å². The van der Waals surface area contributed by atoms with Crippen LogP contribution in [-0.4, -0.2) is 5.75 Å². The number of nitrogens with two attached hydrogens (primary N) is 1. The Hall–Kier alpha value is -1.29. The van der Waals surface area contributed by atoms with E-state index in [0.29, 0.717) is 0 Å². The Balaban J connectivity index is 2.31. The molecule has 2 rings (SSSR count). The number of rotatable bonds is 5. The topological polar surface area (TPSA) is 38.0 Å². The number of benzene rings is 2. The minimum Gasteiger partial charge on any atom is -0.271 e. The van der Waals surface area contributed by atoms with Crippen molar-refractivity contribution in [3.63, 3.8) is 0 Å². The van der Waals surface area contributed by atoms with Crippen LogP contribution >= 0.6 is 11.8 Å². The average molecular weight is 286 g/mol. The van der Waals surface area contributed by atoms with Crippen LogP contribution in [0.1, 0.15) is 35.2 Å². The van der Waals surface area contributed by atoms with Gasteiger partial charge in [0.1, 0.15) is 0 Å². The van der Waals surface area contributed by atoms with Gasteiger partial charge in [0.05, 0.1) is 6.04 Å². The van der Waals surface area contributed by atoms with Gasteiger partial charge < -0.3 is 0 Å². The van der Waals surface area contributed by atoms with E-state index in [0.717, 1.165) is 5.75 Å². The minimum absolute atomic E-state index is 0.0382. The molecule has 0 heterocycles. The number of hydrogen-bond donors (Lipinski definition) is 2. The van der Waals surface area contributed by atoms with E-state index in [1.807, 2.05) is 11.8 Å². The molecule has 0 aromatic heterocycles. The minimum atomic E-state index is 0.0382. The van der Waals surface area contributed by atoms with Gasteiger partial charge in [-0.05, 0) is 48.4 Å². The highest BCUT2D eigenvalue weighted by Gasteiger charge is 2.14. The maximum Gasteiger partial charge on any atom is 0.0712 e. The van der Waals surface area contributed by atoms with Crippen molar-refractivity contribution in [3.8, 4) is 0 Å². The first kappa shape index (κ1) is 15.1. The lowest BCUT2D eigenvalue weighted by molar-refractivity contribution is 0.633. The van der Waals surface area contributed by atoms with E-state index < -0.39 is 0 Å². The first-order valence-corrected chi connectivity index (χ1v) is 7.90. The lowest BCUT2D eigenvalue weighted by Crippen LogP contribution is -2.29. The molecular weight excluding hydrogens is 264 g/mol. The number of hydrazine groups is 1. The van der Waals surface area contributed by atoms with E-state index in [2.05, 4.69) is 68.7 Å². The third-order valence-electron chi connectivity index (χ3n) is 3.43. The van der Waals surface area contributed by atoms with Gasteiger partial charge in [0.2, 0.25) is 0 Å². The molecule has 0 aliphatic carbocycles. The quantitative estimate of drug-likeness (QED) is 0.496. The van der Waals surface area contributed by atoms with E-state index >= 15 is 0 Å². The number of aryl methyl sites for hydroxylation is 2. The van der Waals surface area contributed by atoms with Gasteiger partial charge in [-0.1, -0.05) is 42.8 Å². The summed E-state index contributed by atoms with van der Waals surface area (Å²) in [6, 6.07) is 15.2. The van der Waals surface area contributed by atoms with Gasteiger partial charge in [0.25, 0.3) is 0 Å². The molecule has 0 saturated heterocycles. The molecule has 0 spiro atoms.